The number of phenols is 1. The standard InChI is InChI=1S/C48H57N3O10S2/c1-3-20-49-21-7-12-32-10-5-4-9-31(32)11-6-8-30(2)38-25-51-28-48(57)45(59-29-63-62-27-40(38)34-19-22-50-24-34)43(54)44(46(55)56)61-47(48)60-36-17-18-37-41(23-36)58-26-39(42(37)53)33-13-15-35(52)16-14-33/h4-6,9-11,13-19,22-24,26,30,38,40,43-45,47,49-52,54,57H,3,7-8,12,20-21,25,27-29H2,1-2H3,(H,55,56). The van der Waals surface area contributed by atoms with Crippen LogP contribution in [0, 0.1) is 11.8 Å². The second-order valence-corrected chi connectivity index (χ2v) is 18.8. The van der Waals surface area contributed by atoms with Gasteiger partial charge in [-0.2, -0.15) is 0 Å². The van der Waals surface area contributed by atoms with E-state index < -0.39 is 36.2 Å². The number of aromatic hydroxyl groups is 1. The van der Waals surface area contributed by atoms with E-state index in [0.29, 0.717) is 17.7 Å². The summed E-state index contributed by atoms with van der Waals surface area (Å²) in [6.07, 6.45) is 7.16. The number of rotatable bonds is 15. The third-order valence-electron chi connectivity index (χ3n) is 12.0. The van der Waals surface area contributed by atoms with E-state index in [1.165, 1.54) is 64.1 Å². The van der Waals surface area contributed by atoms with E-state index in [2.05, 4.69) is 71.9 Å². The first-order valence-corrected chi connectivity index (χ1v) is 24.0. The molecular weight excluding hydrogens is 843 g/mol. The molecule has 0 bridgehead atoms. The molecule has 0 saturated carbocycles. The fraction of sp³-hybridized carbons (Fsp3) is 0.417. The van der Waals surface area contributed by atoms with Crippen LogP contribution in [0.25, 0.3) is 28.2 Å². The van der Waals surface area contributed by atoms with Crippen LogP contribution in [0.1, 0.15) is 55.7 Å². The highest BCUT2D eigenvalue weighted by atomic mass is 33.1. The predicted molar refractivity (Wildman–Crippen MR) is 248 cm³/mol. The molecule has 15 heteroatoms. The molecule has 0 spiro atoms. The van der Waals surface area contributed by atoms with Crippen molar-refractivity contribution < 1.29 is 43.8 Å². The highest BCUT2D eigenvalue weighted by Crippen LogP contribution is 2.41. The van der Waals surface area contributed by atoms with Crippen LogP contribution in [0.3, 0.4) is 0 Å². The lowest BCUT2D eigenvalue weighted by Crippen LogP contribution is -2.72. The second kappa shape index (κ2) is 21.9. The number of H-pyrrole nitrogens is 1. The summed E-state index contributed by atoms with van der Waals surface area (Å²) in [4.78, 5) is 29.2. The molecule has 0 aliphatic carbocycles. The van der Waals surface area contributed by atoms with Gasteiger partial charge in [0.05, 0.1) is 10.9 Å². The van der Waals surface area contributed by atoms with E-state index in [9.17, 15) is 30.0 Å². The monoisotopic (exact) mass is 899 g/mol. The third kappa shape index (κ3) is 11.2. The maximum atomic E-state index is 13.5. The Morgan fingerprint density at radius 1 is 1.10 bits per heavy atom. The molecule has 2 aliphatic heterocycles. The molecular formula is C48H57N3O10S2. The van der Waals surface area contributed by atoms with Gasteiger partial charge in [0.1, 0.15) is 41.5 Å². The lowest BCUT2D eigenvalue weighted by Gasteiger charge is -2.48. The molecule has 2 fully saturated rings. The number of carbonyl (C=O) groups is 1. The topological polar surface area (TPSA) is 196 Å². The minimum absolute atomic E-state index is 0.0369. The first-order chi connectivity index (χ1) is 30.6. The van der Waals surface area contributed by atoms with Crippen molar-refractivity contribution in [2.24, 2.45) is 11.8 Å². The number of aliphatic carboxylic acids is 1. The number of hydrogen-bond acceptors (Lipinski definition) is 13. The zero-order chi connectivity index (χ0) is 44.3. The van der Waals surface area contributed by atoms with Crippen LogP contribution in [-0.2, 0) is 20.7 Å². The molecule has 3 aromatic carbocycles. The maximum absolute atomic E-state index is 13.5. The fourth-order valence-corrected chi connectivity index (χ4v) is 10.6. The predicted octanol–water partition coefficient (Wildman–Crippen LogP) is 7.17. The number of benzene rings is 3. The van der Waals surface area contributed by atoms with Crippen molar-refractivity contribution in [2.75, 3.05) is 37.9 Å². The average Bonchev–Trinajstić information content (AvgIpc) is 3.81. The number of ether oxygens (including phenoxy) is 3. The lowest BCUT2D eigenvalue weighted by atomic mass is 9.78. The van der Waals surface area contributed by atoms with Crippen molar-refractivity contribution in [3.05, 3.63) is 124 Å². The minimum atomic E-state index is -2.10. The average molecular weight is 900 g/mol. The van der Waals surface area contributed by atoms with Gasteiger partial charge in [0.25, 0.3) is 0 Å². The molecule has 0 radical (unpaired) electrons. The Hall–Kier alpha value is -4.58. The van der Waals surface area contributed by atoms with Crippen molar-refractivity contribution in [1.82, 2.24) is 15.6 Å². The van der Waals surface area contributed by atoms with Crippen LogP contribution in [0.2, 0.25) is 0 Å². The second-order valence-electron chi connectivity index (χ2n) is 16.3. The Bertz CT molecular complexity index is 2340. The highest BCUT2D eigenvalue weighted by molar-refractivity contribution is 8.76. The van der Waals surface area contributed by atoms with Gasteiger partial charge in [-0.05, 0) is 116 Å². The molecule has 5 aromatic rings. The van der Waals surface area contributed by atoms with Crippen molar-refractivity contribution in [1.29, 1.82) is 0 Å². The van der Waals surface area contributed by atoms with E-state index in [0.717, 1.165) is 44.5 Å². The summed E-state index contributed by atoms with van der Waals surface area (Å²) in [5.74, 6) is -0.0710. The number of aliphatic hydroxyl groups excluding tert-OH is 1. The number of allylic oxidation sites excluding steroid dienone is 1. The van der Waals surface area contributed by atoms with E-state index in [-0.39, 0.29) is 58.1 Å². The van der Waals surface area contributed by atoms with Gasteiger partial charge < -0.3 is 54.7 Å². The SMILES string of the molecule is CCCNCCCc1ccccc1C=CCC(C)C1CNCC2(O)C(Oc3ccc4c(=O)c(-c5ccc(O)cc5)coc4c3)OC(C(=O)O)C(O)C2OCSSCC1c1cc[nH]c1. The molecule has 8 unspecified atom stereocenters. The van der Waals surface area contributed by atoms with Crippen molar-refractivity contribution in [3.63, 3.8) is 0 Å². The van der Waals surface area contributed by atoms with Crippen LogP contribution < -0.4 is 20.8 Å². The van der Waals surface area contributed by atoms with E-state index in [1.807, 2.05) is 12.4 Å². The number of aliphatic hydroxyl groups is 2. The van der Waals surface area contributed by atoms with E-state index in [1.54, 1.807) is 22.9 Å². The first kappa shape index (κ1) is 46.4. The van der Waals surface area contributed by atoms with Gasteiger partial charge in [0.15, 0.2) is 17.1 Å². The molecule has 336 valence electrons. The number of fused-ring (bicyclic) bond motifs is 2. The van der Waals surface area contributed by atoms with Crippen LogP contribution >= 0.6 is 21.6 Å². The number of nitrogens with one attached hydrogen (secondary N) is 3. The minimum Gasteiger partial charge on any atom is -0.508 e. The van der Waals surface area contributed by atoms with Gasteiger partial charge in [-0.1, -0.05) is 84.0 Å². The first-order valence-electron chi connectivity index (χ1n) is 21.5. The largest absolute Gasteiger partial charge is 0.508 e. The van der Waals surface area contributed by atoms with E-state index >= 15 is 0 Å². The van der Waals surface area contributed by atoms with Crippen LogP contribution in [-0.4, -0.2) is 99.5 Å². The highest BCUT2D eigenvalue weighted by Gasteiger charge is 2.59. The van der Waals surface area contributed by atoms with Crippen molar-refractivity contribution >= 4 is 44.6 Å². The summed E-state index contributed by atoms with van der Waals surface area (Å²) in [6, 6.07) is 21.3. The number of hydrogen-bond donors (Lipinski definition) is 7. The Morgan fingerprint density at radius 2 is 1.92 bits per heavy atom. The summed E-state index contributed by atoms with van der Waals surface area (Å²) in [5, 5.41) is 51.2. The molecule has 2 saturated heterocycles. The summed E-state index contributed by atoms with van der Waals surface area (Å²) < 4.78 is 24.2. The molecule has 13 nitrogen and oxygen atoms in total. The number of aryl methyl sites for hydroxylation is 1. The Morgan fingerprint density at radius 3 is 2.70 bits per heavy atom. The van der Waals surface area contributed by atoms with Gasteiger partial charge in [0, 0.05) is 30.8 Å². The van der Waals surface area contributed by atoms with E-state index in [4.69, 9.17) is 18.6 Å². The zero-order valence-corrected chi connectivity index (χ0v) is 37.1. The quantitative estimate of drug-likeness (QED) is 0.0413. The summed E-state index contributed by atoms with van der Waals surface area (Å²) in [6.45, 7) is 6.71. The van der Waals surface area contributed by atoms with Gasteiger partial charge in [-0.3, -0.25) is 4.79 Å². The molecule has 8 atom stereocenters. The number of aromatic amines is 1. The summed E-state index contributed by atoms with van der Waals surface area (Å²) in [7, 11) is 3.04. The third-order valence-corrected chi connectivity index (χ3v) is 14.1. The van der Waals surface area contributed by atoms with Crippen LogP contribution in [0.15, 0.2) is 107 Å². The number of β-amino-alcohol motifs (C(OH)–C–C–N with tert-alkyl or cyclic N) is 1. The molecule has 7 rings (SSSR count). The van der Waals surface area contributed by atoms with Gasteiger partial charge >= 0.3 is 5.97 Å². The zero-order valence-electron chi connectivity index (χ0n) is 35.5. The number of carboxylic acids is 1. The molecule has 0 amide bonds. The molecule has 4 heterocycles. The number of phenolic OH excluding ortho intramolecular Hbond substituents is 1. The normalized spacial score (nSPS) is 25.2. The van der Waals surface area contributed by atoms with Gasteiger partial charge in [-0.15, -0.1) is 0 Å². The lowest BCUT2D eigenvalue weighted by molar-refractivity contribution is -0.316. The van der Waals surface area contributed by atoms with Gasteiger partial charge in [-0.25, -0.2) is 4.79 Å². The smallest absolute Gasteiger partial charge is 0.335 e. The number of aromatic nitrogens is 1. The Balaban J connectivity index is 1.13. The molecule has 2 aliphatic rings. The Labute approximate surface area is 375 Å². The maximum Gasteiger partial charge on any atom is 0.335 e. The van der Waals surface area contributed by atoms with Crippen molar-refractivity contribution in [3.8, 4) is 22.6 Å². The molecule has 2 aromatic heterocycles. The van der Waals surface area contributed by atoms with Crippen LogP contribution in [0.4, 0.5) is 0 Å². The Kier molecular flexibility index (Phi) is 16.1. The van der Waals surface area contributed by atoms with Crippen molar-refractivity contribution in [2.45, 2.75) is 75.7 Å². The van der Waals surface area contributed by atoms with Gasteiger partial charge in [0.2, 0.25) is 6.29 Å². The number of carboxylic acid groups (broad SMARTS) is 1. The summed E-state index contributed by atoms with van der Waals surface area (Å²) >= 11 is 0. The molecule has 63 heavy (non-hydrogen) atoms. The molecule has 7 N–H and O–H groups in total. The summed E-state index contributed by atoms with van der Waals surface area (Å²) in [5.41, 5.74) is 2.34. The van der Waals surface area contributed by atoms with Crippen LogP contribution in [0.5, 0.6) is 11.5 Å². The fourth-order valence-electron chi connectivity index (χ4n) is 8.51.